The van der Waals surface area contributed by atoms with Crippen LogP contribution in [0.1, 0.15) is 79.6 Å². The number of rotatable bonds is 0. The Hall–Kier alpha value is -1.66. The van der Waals surface area contributed by atoms with Crippen LogP contribution in [0, 0.1) is 34.5 Å². The normalized spacial score (nSPS) is 49.9. The molecule has 0 aromatic carbocycles. The lowest BCUT2D eigenvalue weighted by molar-refractivity contribution is -0.125. The van der Waals surface area contributed by atoms with Gasteiger partial charge in [0.05, 0.1) is 31.0 Å². The Balaban J connectivity index is 1.41. The Bertz CT molecular complexity index is 1060. The van der Waals surface area contributed by atoms with Crippen molar-refractivity contribution in [2.24, 2.45) is 34.5 Å². The minimum absolute atomic E-state index is 0.0271. The number of fused-ring (bicyclic) bond motifs is 6. The highest BCUT2D eigenvalue weighted by atomic mass is 16.5. The van der Waals surface area contributed by atoms with Gasteiger partial charge in [-0.05, 0) is 80.1 Å². The molecule has 2 aliphatic heterocycles. The average Bonchev–Trinajstić information content (AvgIpc) is 3.24. The van der Waals surface area contributed by atoms with Gasteiger partial charge in [-0.1, -0.05) is 39.3 Å². The molecule has 2 saturated carbocycles. The molecule has 2 heterocycles. The summed E-state index contributed by atoms with van der Waals surface area (Å²) in [5, 5.41) is 10.4. The lowest BCUT2D eigenvalue weighted by atomic mass is 9.51. The molecule has 198 valence electrons. The van der Waals surface area contributed by atoms with Gasteiger partial charge in [-0.15, -0.1) is 0 Å². The van der Waals surface area contributed by atoms with Crippen LogP contribution in [0.3, 0.4) is 0 Å². The molecule has 1 spiro atoms. The molecule has 0 aromatic heterocycles. The van der Waals surface area contributed by atoms with E-state index in [0.29, 0.717) is 24.7 Å². The van der Waals surface area contributed by atoms with Gasteiger partial charge in [0.25, 0.3) is 0 Å². The predicted molar refractivity (Wildman–Crippen MR) is 136 cm³/mol. The zero-order chi connectivity index (χ0) is 25.8. The number of nitrogens with zero attached hydrogens (tertiary/aromatic N) is 1. The van der Waals surface area contributed by atoms with Crippen molar-refractivity contribution in [1.29, 1.82) is 0 Å². The number of ketones is 1. The van der Waals surface area contributed by atoms with E-state index < -0.39 is 5.60 Å². The van der Waals surface area contributed by atoms with E-state index in [1.807, 2.05) is 4.90 Å². The molecular formula is C30H43NO5. The largest absolute Gasteiger partial charge is 0.453 e. The average molecular weight is 498 g/mol. The molecular weight excluding hydrogens is 454 g/mol. The molecule has 0 radical (unpaired) electrons. The summed E-state index contributed by atoms with van der Waals surface area (Å²) >= 11 is 0. The maximum absolute atomic E-state index is 14.5. The van der Waals surface area contributed by atoms with Gasteiger partial charge in [0.15, 0.2) is 5.78 Å². The second kappa shape index (κ2) is 7.92. The van der Waals surface area contributed by atoms with Crippen molar-refractivity contribution in [2.75, 3.05) is 13.7 Å². The predicted octanol–water partition coefficient (Wildman–Crippen LogP) is 5.05. The first-order chi connectivity index (χ1) is 17.0. The number of aliphatic hydroxyl groups excluding tert-OH is 1. The Morgan fingerprint density at radius 2 is 1.97 bits per heavy atom. The molecule has 10 atom stereocenters. The summed E-state index contributed by atoms with van der Waals surface area (Å²) in [7, 11) is 1.46. The fourth-order valence-electron chi connectivity index (χ4n) is 10.00. The molecule has 0 bridgehead atoms. The fraction of sp³-hybridized carbons (Fsp3) is 0.800. The summed E-state index contributed by atoms with van der Waals surface area (Å²) in [6.07, 6.45) is 7.80. The van der Waals surface area contributed by atoms with E-state index in [0.717, 1.165) is 49.7 Å². The van der Waals surface area contributed by atoms with Crippen molar-refractivity contribution in [3.8, 4) is 0 Å². The van der Waals surface area contributed by atoms with Crippen LogP contribution in [0.4, 0.5) is 4.79 Å². The Labute approximate surface area is 215 Å². The van der Waals surface area contributed by atoms with Crippen molar-refractivity contribution in [3.63, 3.8) is 0 Å². The summed E-state index contributed by atoms with van der Waals surface area (Å²) < 4.78 is 12.2. The number of allylic oxidation sites excluding steroid dienone is 2. The van der Waals surface area contributed by atoms with E-state index in [1.165, 1.54) is 12.7 Å². The van der Waals surface area contributed by atoms with Crippen LogP contribution in [-0.4, -0.2) is 59.4 Å². The van der Waals surface area contributed by atoms with Crippen molar-refractivity contribution in [3.05, 3.63) is 22.8 Å². The molecule has 4 fully saturated rings. The van der Waals surface area contributed by atoms with E-state index in [9.17, 15) is 14.7 Å². The molecule has 4 aliphatic carbocycles. The quantitative estimate of drug-likeness (QED) is 0.474. The Morgan fingerprint density at radius 3 is 2.69 bits per heavy atom. The third kappa shape index (κ3) is 2.97. The number of Topliss-reactive ketones (excluding diaryl/α,β-unsaturated/α-hetero) is 1. The van der Waals surface area contributed by atoms with Gasteiger partial charge in [-0.2, -0.15) is 0 Å². The number of amides is 1. The zero-order valence-corrected chi connectivity index (χ0v) is 22.8. The molecule has 6 aliphatic rings. The van der Waals surface area contributed by atoms with Gasteiger partial charge < -0.3 is 19.5 Å². The summed E-state index contributed by atoms with van der Waals surface area (Å²) in [4.78, 5) is 29.1. The van der Waals surface area contributed by atoms with Gasteiger partial charge in [0, 0.05) is 24.0 Å². The smallest absolute Gasteiger partial charge is 0.409 e. The third-order valence-electron chi connectivity index (χ3n) is 11.7. The molecule has 0 unspecified atom stereocenters. The molecule has 6 nitrogen and oxygen atoms in total. The van der Waals surface area contributed by atoms with Gasteiger partial charge in [-0.25, -0.2) is 4.79 Å². The number of hydrogen-bond donors (Lipinski definition) is 1. The standard InChI is InChI=1S/C30H43NO5/c1-16-13-22-24(31(15-16)27(34)35-6)18(3)30(36-22)12-9-21-23(17(30)2)25(33)26-28(4)11-8-20(32)14-19(28)7-10-29(21,26)5/h7,16,18,20-22,24,26,32H,8-15H2,1-6H3/t16-,18+,20-,21+,22+,24-,26+,28-,29-,30-/m0/s1. The van der Waals surface area contributed by atoms with Crippen molar-refractivity contribution < 1.29 is 24.2 Å². The van der Waals surface area contributed by atoms with Crippen LogP contribution in [0.5, 0.6) is 0 Å². The maximum atomic E-state index is 14.5. The summed E-state index contributed by atoms with van der Waals surface area (Å²) in [5.41, 5.74) is 2.68. The SMILES string of the molecule is COC(=O)N1C[C@@H](C)C[C@H]2O[C@]3(CC[C@@H]4C(=C3C)C(=O)[C@H]3[C@@]4(C)CC=C4C[C@@H](O)CC[C@@]43C)[C@H](C)[C@@H]21. The van der Waals surface area contributed by atoms with E-state index in [-0.39, 0.29) is 52.9 Å². The third-order valence-corrected chi connectivity index (χ3v) is 11.7. The number of carbonyl (C=O) groups excluding carboxylic acids is 2. The van der Waals surface area contributed by atoms with Gasteiger partial charge in [0.1, 0.15) is 0 Å². The number of likely N-dealkylation sites (tertiary alicyclic amines) is 1. The van der Waals surface area contributed by atoms with Crippen molar-refractivity contribution in [1.82, 2.24) is 4.90 Å². The summed E-state index contributed by atoms with van der Waals surface area (Å²) in [6, 6.07) is -0.0271. The van der Waals surface area contributed by atoms with Crippen LogP contribution >= 0.6 is 0 Å². The van der Waals surface area contributed by atoms with Gasteiger partial charge in [0.2, 0.25) is 0 Å². The zero-order valence-electron chi connectivity index (χ0n) is 22.8. The molecule has 36 heavy (non-hydrogen) atoms. The second-order valence-corrected chi connectivity index (χ2v) is 13.5. The Morgan fingerprint density at radius 1 is 1.22 bits per heavy atom. The highest BCUT2D eigenvalue weighted by Crippen LogP contribution is 2.68. The number of piperidine rings is 1. The van der Waals surface area contributed by atoms with Crippen LogP contribution in [-0.2, 0) is 14.3 Å². The van der Waals surface area contributed by atoms with E-state index in [4.69, 9.17) is 9.47 Å². The molecule has 1 amide bonds. The monoisotopic (exact) mass is 497 g/mol. The maximum Gasteiger partial charge on any atom is 0.409 e. The van der Waals surface area contributed by atoms with Crippen LogP contribution in [0.2, 0.25) is 0 Å². The number of ether oxygens (including phenoxy) is 2. The van der Waals surface area contributed by atoms with Gasteiger partial charge >= 0.3 is 6.09 Å². The first-order valence-electron chi connectivity index (χ1n) is 14.1. The van der Waals surface area contributed by atoms with Gasteiger partial charge in [-0.3, -0.25) is 4.79 Å². The topological polar surface area (TPSA) is 76.1 Å². The molecule has 6 rings (SSSR count). The first kappa shape index (κ1) is 24.7. The molecule has 1 N–H and O–H groups in total. The first-order valence-corrected chi connectivity index (χ1v) is 14.1. The number of methoxy groups -OCH3 is 1. The molecule has 6 heteroatoms. The van der Waals surface area contributed by atoms with E-state index in [1.54, 1.807) is 0 Å². The number of aliphatic hydroxyl groups is 1. The number of hydrogen-bond acceptors (Lipinski definition) is 5. The lowest BCUT2D eigenvalue weighted by Gasteiger charge is -2.53. The second-order valence-electron chi connectivity index (χ2n) is 13.5. The molecule has 0 aromatic rings. The highest BCUT2D eigenvalue weighted by Gasteiger charge is 2.67. The minimum atomic E-state index is -0.503. The molecule has 2 saturated heterocycles. The summed E-state index contributed by atoms with van der Waals surface area (Å²) in [5.74, 6) is 0.981. The van der Waals surface area contributed by atoms with E-state index in [2.05, 4.69) is 40.7 Å². The van der Waals surface area contributed by atoms with Crippen LogP contribution < -0.4 is 0 Å². The lowest BCUT2D eigenvalue weighted by Crippen LogP contribution is -2.54. The van der Waals surface area contributed by atoms with Crippen molar-refractivity contribution >= 4 is 11.9 Å². The summed E-state index contributed by atoms with van der Waals surface area (Å²) in [6.45, 7) is 11.9. The minimum Gasteiger partial charge on any atom is -0.453 e. The Kier molecular flexibility index (Phi) is 5.43. The van der Waals surface area contributed by atoms with E-state index >= 15 is 0 Å². The number of carbonyl (C=O) groups is 2. The fourth-order valence-corrected chi connectivity index (χ4v) is 10.00. The highest BCUT2D eigenvalue weighted by molar-refractivity contribution is 6.03. The van der Waals surface area contributed by atoms with Crippen LogP contribution in [0.15, 0.2) is 22.8 Å². The van der Waals surface area contributed by atoms with Crippen LogP contribution in [0.25, 0.3) is 0 Å². The van der Waals surface area contributed by atoms with Crippen molar-refractivity contribution in [2.45, 2.75) is 103 Å².